The van der Waals surface area contributed by atoms with Crippen LogP contribution < -0.4 is 10.6 Å². The number of carbonyl (C=O) groups excluding carboxylic acids is 1. The summed E-state index contributed by atoms with van der Waals surface area (Å²) in [4.78, 5) is 30.8. The van der Waals surface area contributed by atoms with Crippen LogP contribution in [0.4, 0.5) is 5.69 Å². The van der Waals surface area contributed by atoms with Crippen molar-refractivity contribution in [3.63, 3.8) is 0 Å². The number of pyridine rings is 1. The molecule has 8 nitrogen and oxygen atoms in total. The number of aryl methyl sites for hydroxylation is 1. The van der Waals surface area contributed by atoms with Crippen LogP contribution in [0.25, 0.3) is 5.69 Å². The molecule has 4 aromatic rings. The van der Waals surface area contributed by atoms with Crippen LogP contribution in [0.3, 0.4) is 0 Å². The number of aromatic nitrogens is 2. The Labute approximate surface area is 225 Å². The van der Waals surface area contributed by atoms with Gasteiger partial charge >= 0.3 is 5.97 Å². The molecule has 0 saturated carbocycles. The molecule has 38 heavy (non-hydrogen) atoms. The average molecular weight is 526 g/mol. The van der Waals surface area contributed by atoms with Crippen molar-refractivity contribution in [2.45, 2.75) is 25.4 Å². The van der Waals surface area contributed by atoms with E-state index in [9.17, 15) is 14.7 Å². The van der Waals surface area contributed by atoms with E-state index >= 15 is 0 Å². The molecule has 9 heteroatoms. The van der Waals surface area contributed by atoms with Crippen molar-refractivity contribution in [2.24, 2.45) is 0 Å². The van der Waals surface area contributed by atoms with Crippen molar-refractivity contribution in [3.05, 3.63) is 114 Å². The van der Waals surface area contributed by atoms with E-state index in [0.717, 1.165) is 28.3 Å². The first-order chi connectivity index (χ1) is 18.4. The normalized spacial score (nSPS) is 16.8. The van der Waals surface area contributed by atoms with Crippen LogP contribution in [0.1, 0.15) is 45.8 Å². The lowest BCUT2D eigenvalue weighted by molar-refractivity contribution is -0.116. The maximum atomic E-state index is 12.8. The number of nitrogens with one attached hydrogen (secondary N) is 2. The van der Waals surface area contributed by atoms with E-state index in [2.05, 4.69) is 15.6 Å². The minimum absolute atomic E-state index is 0.0990. The van der Waals surface area contributed by atoms with Gasteiger partial charge < -0.3 is 25.2 Å². The lowest BCUT2D eigenvalue weighted by atomic mass is 10.0. The number of amides is 1. The van der Waals surface area contributed by atoms with E-state index < -0.39 is 5.97 Å². The molecule has 2 atom stereocenters. The van der Waals surface area contributed by atoms with Crippen molar-refractivity contribution in [2.75, 3.05) is 11.9 Å². The lowest BCUT2D eigenvalue weighted by Gasteiger charge is -2.29. The summed E-state index contributed by atoms with van der Waals surface area (Å²) >= 11 is 5.75. The zero-order valence-electron chi connectivity index (χ0n) is 20.7. The van der Waals surface area contributed by atoms with E-state index in [1.54, 1.807) is 30.5 Å². The Morgan fingerprint density at radius 3 is 2.58 bits per heavy atom. The second-order valence-electron chi connectivity index (χ2n) is 9.14. The number of thiocarbonyl (C=S) groups is 1. The Kier molecular flexibility index (Phi) is 7.19. The summed E-state index contributed by atoms with van der Waals surface area (Å²) in [6.07, 6.45) is 3.93. The highest BCUT2D eigenvalue weighted by Crippen LogP contribution is 2.39. The molecule has 1 aliphatic rings. The first kappa shape index (κ1) is 25.2. The molecule has 5 rings (SSSR count). The van der Waals surface area contributed by atoms with Gasteiger partial charge in [-0.25, -0.2) is 4.79 Å². The summed E-state index contributed by atoms with van der Waals surface area (Å²) in [5, 5.41) is 16.2. The van der Waals surface area contributed by atoms with Gasteiger partial charge in [0.25, 0.3) is 0 Å². The van der Waals surface area contributed by atoms with Crippen LogP contribution in [0.5, 0.6) is 0 Å². The standard InChI is InChI=1S/C29H27N5O3S/c1-19-6-4-7-21(18-19)31-25(35)14-17-34-27(26(32-29(34)38)23-8-2-3-15-30-23)24-9-5-16-33(24)22-12-10-20(11-13-22)28(36)37/h2-13,15-16,18,26-27H,14,17H2,1H3,(H,31,35)(H,32,38)(H,36,37). The third kappa shape index (κ3) is 5.28. The van der Waals surface area contributed by atoms with Crippen LogP contribution in [0.2, 0.25) is 0 Å². The molecule has 3 N–H and O–H groups in total. The summed E-state index contributed by atoms with van der Waals surface area (Å²) in [6.45, 7) is 2.39. The van der Waals surface area contributed by atoms with Crippen molar-refractivity contribution < 1.29 is 14.7 Å². The van der Waals surface area contributed by atoms with Crippen LogP contribution in [-0.2, 0) is 4.79 Å². The molecule has 3 heterocycles. The molecule has 1 saturated heterocycles. The average Bonchev–Trinajstić information content (AvgIpc) is 3.52. The Bertz CT molecular complexity index is 1470. The molecule has 0 bridgehead atoms. The van der Waals surface area contributed by atoms with E-state index in [1.807, 2.05) is 77.2 Å². The predicted molar refractivity (Wildman–Crippen MR) is 149 cm³/mol. The van der Waals surface area contributed by atoms with Gasteiger partial charge in [-0.05, 0) is 85.4 Å². The largest absolute Gasteiger partial charge is 0.478 e. The number of hydrogen-bond acceptors (Lipinski definition) is 4. The monoisotopic (exact) mass is 525 g/mol. The molecule has 1 amide bonds. The highest BCUT2D eigenvalue weighted by molar-refractivity contribution is 7.80. The Balaban J connectivity index is 1.44. The number of aromatic carboxylic acids is 1. The number of nitrogens with zero attached hydrogens (tertiary/aromatic N) is 3. The fourth-order valence-electron chi connectivity index (χ4n) is 4.77. The summed E-state index contributed by atoms with van der Waals surface area (Å²) in [5.74, 6) is -1.07. The second kappa shape index (κ2) is 10.9. The third-order valence-electron chi connectivity index (χ3n) is 6.56. The van der Waals surface area contributed by atoms with Gasteiger partial charge in [-0.2, -0.15) is 0 Å². The number of carboxylic acid groups (broad SMARTS) is 1. The molecule has 2 aromatic heterocycles. The van der Waals surface area contributed by atoms with Crippen LogP contribution in [0.15, 0.2) is 91.3 Å². The van der Waals surface area contributed by atoms with E-state index in [-0.39, 0.29) is 30.0 Å². The first-order valence-electron chi connectivity index (χ1n) is 12.3. The van der Waals surface area contributed by atoms with Gasteiger partial charge in [-0.3, -0.25) is 9.78 Å². The molecule has 2 aromatic carbocycles. The second-order valence-corrected chi connectivity index (χ2v) is 9.53. The molecule has 1 aliphatic heterocycles. The topological polar surface area (TPSA) is 99.5 Å². The highest BCUT2D eigenvalue weighted by atomic mass is 32.1. The molecule has 1 fully saturated rings. The van der Waals surface area contributed by atoms with Gasteiger partial charge in [0, 0.05) is 42.4 Å². The lowest BCUT2D eigenvalue weighted by Crippen LogP contribution is -2.33. The Morgan fingerprint density at radius 2 is 1.87 bits per heavy atom. The van der Waals surface area contributed by atoms with E-state index in [0.29, 0.717) is 11.7 Å². The minimum Gasteiger partial charge on any atom is -0.478 e. The first-order valence-corrected chi connectivity index (χ1v) is 12.7. The summed E-state index contributed by atoms with van der Waals surface area (Å²) in [6, 6.07) is 23.7. The summed E-state index contributed by atoms with van der Waals surface area (Å²) in [5.41, 5.74) is 4.65. The van der Waals surface area contributed by atoms with Crippen molar-refractivity contribution in [1.82, 2.24) is 19.8 Å². The Hall–Kier alpha value is -4.50. The smallest absolute Gasteiger partial charge is 0.335 e. The van der Waals surface area contributed by atoms with Crippen LogP contribution in [-0.4, -0.2) is 43.1 Å². The molecule has 0 aliphatic carbocycles. The molecule has 0 spiro atoms. The maximum absolute atomic E-state index is 12.8. The van der Waals surface area contributed by atoms with Gasteiger partial charge in [0.15, 0.2) is 5.11 Å². The zero-order valence-corrected chi connectivity index (χ0v) is 21.6. The molecule has 2 unspecified atom stereocenters. The Morgan fingerprint density at radius 1 is 1.05 bits per heavy atom. The van der Waals surface area contributed by atoms with E-state index in [4.69, 9.17) is 12.2 Å². The van der Waals surface area contributed by atoms with E-state index in [1.165, 1.54) is 0 Å². The zero-order chi connectivity index (χ0) is 26.6. The fraction of sp³-hybridized carbons (Fsp3) is 0.172. The highest BCUT2D eigenvalue weighted by Gasteiger charge is 2.41. The SMILES string of the molecule is Cc1cccc(NC(=O)CCN2C(=S)NC(c3ccccn3)C2c2cccn2-c2ccc(C(=O)O)cc2)c1. The molecule has 0 radical (unpaired) electrons. The van der Waals surface area contributed by atoms with Crippen molar-refractivity contribution >= 4 is 34.9 Å². The number of rotatable bonds is 8. The number of benzene rings is 2. The van der Waals surface area contributed by atoms with Gasteiger partial charge in [0.2, 0.25) is 5.91 Å². The third-order valence-corrected chi connectivity index (χ3v) is 6.91. The number of carboxylic acids is 1. The molecular formula is C29H27N5O3S. The summed E-state index contributed by atoms with van der Waals surface area (Å²) < 4.78 is 2.02. The minimum atomic E-state index is -0.972. The van der Waals surface area contributed by atoms with Crippen molar-refractivity contribution in [1.29, 1.82) is 0 Å². The predicted octanol–water partition coefficient (Wildman–Crippen LogP) is 4.88. The van der Waals surface area contributed by atoms with Crippen LogP contribution >= 0.6 is 12.2 Å². The van der Waals surface area contributed by atoms with Crippen LogP contribution in [0, 0.1) is 6.92 Å². The van der Waals surface area contributed by atoms with Gasteiger partial charge in [-0.15, -0.1) is 0 Å². The maximum Gasteiger partial charge on any atom is 0.335 e. The number of anilines is 1. The fourth-order valence-corrected chi connectivity index (χ4v) is 5.10. The summed E-state index contributed by atoms with van der Waals surface area (Å²) in [7, 11) is 0. The molecular weight excluding hydrogens is 498 g/mol. The molecule has 192 valence electrons. The van der Waals surface area contributed by atoms with Gasteiger partial charge in [0.05, 0.1) is 23.3 Å². The number of hydrogen-bond donors (Lipinski definition) is 3. The van der Waals surface area contributed by atoms with Crippen molar-refractivity contribution in [3.8, 4) is 5.69 Å². The van der Waals surface area contributed by atoms with Gasteiger partial charge in [0.1, 0.15) is 0 Å². The quantitative estimate of drug-likeness (QED) is 0.282. The van der Waals surface area contributed by atoms with Gasteiger partial charge in [-0.1, -0.05) is 18.2 Å². The number of carbonyl (C=O) groups is 2.